The van der Waals surface area contributed by atoms with E-state index in [4.69, 9.17) is 0 Å². The van der Waals surface area contributed by atoms with Crippen molar-refractivity contribution in [1.29, 1.82) is 0 Å². The van der Waals surface area contributed by atoms with Crippen molar-refractivity contribution in [3.8, 4) is 5.69 Å². The lowest BCUT2D eigenvalue weighted by atomic mass is 10.3. The number of benzene rings is 1. The number of imidazole rings is 1. The molecule has 0 spiro atoms. The van der Waals surface area contributed by atoms with Gasteiger partial charge in [-0.15, -0.1) is 0 Å². The minimum absolute atomic E-state index is 0.0121. The number of hydrogen-bond acceptors (Lipinski definition) is 2. The van der Waals surface area contributed by atoms with Crippen LogP contribution < -0.4 is 5.69 Å². The molecule has 0 N–H and O–H groups in total. The van der Waals surface area contributed by atoms with Crippen molar-refractivity contribution in [2.75, 3.05) is 20.6 Å². The van der Waals surface area contributed by atoms with Crippen LogP contribution in [0.2, 0.25) is 0 Å². The first kappa shape index (κ1) is 11.7. The van der Waals surface area contributed by atoms with E-state index in [1.165, 1.54) is 0 Å². The smallest absolute Gasteiger partial charge is 0.308 e. The third kappa shape index (κ3) is 2.65. The molecule has 0 saturated carbocycles. The van der Waals surface area contributed by atoms with Crippen molar-refractivity contribution in [3.05, 3.63) is 53.2 Å². The molecule has 0 bridgehead atoms. The molecule has 17 heavy (non-hydrogen) atoms. The molecule has 0 fully saturated rings. The van der Waals surface area contributed by atoms with Gasteiger partial charge in [0.2, 0.25) is 0 Å². The first-order valence-electron chi connectivity index (χ1n) is 5.66. The summed E-state index contributed by atoms with van der Waals surface area (Å²) in [6, 6.07) is 9.66. The molecule has 0 radical (unpaired) electrons. The number of hydrogen-bond donors (Lipinski definition) is 0. The number of aromatic nitrogens is 2. The topological polar surface area (TPSA) is 30.2 Å². The second kappa shape index (κ2) is 5.01. The third-order valence-corrected chi connectivity index (χ3v) is 2.67. The van der Waals surface area contributed by atoms with E-state index in [0.717, 1.165) is 12.2 Å². The van der Waals surface area contributed by atoms with E-state index in [1.807, 2.05) is 56.8 Å². The van der Waals surface area contributed by atoms with E-state index >= 15 is 0 Å². The SMILES string of the molecule is CN(C)CCn1ccn(-c2ccccc2)c1=O. The van der Waals surface area contributed by atoms with E-state index in [-0.39, 0.29) is 5.69 Å². The number of para-hydroxylation sites is 1. The zero-order valence-corrected chi connectivity index (χ0v) is 10.2. The summed E-state index contributed by atoms with van der Waals surface area (Å²) in [5, 5.41) is 0. The van der Waals surface area contributed by atoms with Gasteiger partial charge in [0, 0.05) is 25.5 Å². The summed E-state index contributed by atoms with van der Waals surface area (Å²) in [5.41, 5.74) is 0.916. The largest absolute Gasteiger partial charge is 0.332 e. The predicted molar refractivity (Wildman–Crippen MR) is 68.6 cm³/mol. The average molecular weight is 231 g/mol. The Hall–Kier alpha value is -1.81. The van der Waals surface area contributed by atoms with Crippen LogP contribution in [0.15, 0.2) is 47.5 Å². The van der Waals surface area contributed by atoms with Gasteiger partial charge in [-0.2, -0.15) is 0 Å². The first-order chi connectivity index (χ1) is 8.18. The molecular formula is C13H17N3O. The van der Waals surface area contributed by atoms with Gasteiger partial charge in [-0.1, -0.05) is 18.2 Å². The summed E-state index contributed by atoms with van der Waals surface area (Å²) in [7, 11) is 4.00. The predicted octanol–water partition coefficient (Wildman–Crippen LogP) is 1.20. The molecule has 2 rings (SSSR count). The minimum Gasteiger partial charge on any atom is -0.308 e. The van der Waals surface area contributed by atoms with Crippen LogP contribution in [0.4, 0.5) is 0 Å². The van der Waals surface area contributed by atoms with E-state index in [9.17, 15) is 4.79 Å². The maximum absolute atomic E-state index is 12.1. The molecule has 0 amide bonds. The Balaban J connectivity index is 2.25. The third-order valence-electron chi connectivity index (χ3n) is 2.67. The van der Waals surface area contributed by atoms with Crippen LogP contribution in [0, 0.1) is 0 Å². The van der Waals surface area contributed by atoms with Crippen molar-refractivity contribution < 1.29 is 0 Å². The average Bonchev–Trinajstić information content (AvgIpc) is 2.69. The van der Waals surface area contributed by atoms with Crippen molar-refractivity contribution in [1.82, 2.24) is 14.0 Å². The van der Waals surface area contributed by atoms with Gasteiger partial charge >= 0.3 is 5.69 Å². The fourth-order valence-electron chi connectivity index (χ4n) is 1.68. The molecule has 4 nitrogen and oxygen atoms in total. The van der Waals surface area contributed by atoms with Crippen LogP contribution in [0.1, 0.15) is 0 Å². The molecule has 0 aliphatic heterocycles. The molecule has 4 heteroatoms. The lowest BCUT2D eigenvalue weighted by molar-refractivity contribution is 0.380. The monoisotopic (exact) mass is 231 g/mol. The number of nitrogens with zero attached hydrogens (tertiary/aromatic N) is 3. The Morgan fingerprint density at radius 3 is 2.47 bits per heavy atom. The standard InChI is InChI=1S/C13H17N3O/c1-14(2)8-9-15-10-11-16(13(15)17)12-6-4-3-5-7-12/h3-7,10-11H,8-9H2,1-2H3. The molecule has 90 valence electrons. The maximum atomic E-state index is 12.1. The lowest BCUT2D eigenvalue weighted by Crippen LogP contribution is -2.27. The second-order valence-electron chi connectivity index (χ2n) is 4.28. The highest BCUT2D eigenvalue weighted by atomic mass is 16.1. The van der Waals surface area contributed by atoms with Gasteiger partial charge in [0.15, 0.2) is 0 Å². The van der Waals surface area contributed by atoms with Gasteiger partial charge in [0.25, 0.3) is 0 Å². The van der Waals surface area contributed by atoms with Crippen molar-refractivity contribution in [2.45, 2.75) is 6.54 Å². The molecule has 1 heterocycles. The second-order valence-corrected chi connectivity index (χ2v) is 4.28. The Kier molecular flexibility index (Phi) is 3.44. The highest BCUT2D eigenvalue weighted by Crippen LogP contribution is 2.03. The Morgan fingerprint density at radius 1 is 1.12 bits per heavy atom. The molecule has 0 saturated heterocycles. The summed E-state index contributed by atoms with van der Waals surface area (Å²) >= 11 is 0. The molecule has 0 aliphatic rings. The minimum atomic E-state index is 0.0121. The van der Waals surface area contributed by atoms with Crippen LogP contribution in [0.3, 0.4) is 0 Å². The van der Waals surface area contributed by atoms with Crippen molar-refractivity contribution in [3.63, 3.8) is 0 Å². The fourth-order valence-corrected chi connectivity index (χ4v) is 1.68. The zero-order valence-electron chi connectivity index (χ0n) is 10.2. The Morgan fingerprint density at radius 2 is 1.82 bits per heavy atom. The summed E-state index contributed by atoms with van der Waals surface area (Å²) in [5.74, 6) is 0. The molecular weight excluding hydrogens is 214 g/mol. The number of likely N-dealkylation sites (N-methyl/N-ethyl adjacent to an activating group) is 1. The summed E-state index contributed by atoms with van der Waals surface area (Å²) in [4.78, 5) is 14.2. The van der Waals surface area contributed by atoms with Crippen LogP contribution >= 0.6 is 0 Å². The summed E-state index contributed by atoms with van der Waals surface area (Å²) in [6.07, 6.45) is 3.64. The van der Waals surface area contributed by atoms with Gasteiger partial charge in [0.05, 0.1) is 5.69 Å². The van der Waals surface area contributed by atoms with Gasteiger partial charge < -0.3 is 4.90 Å². The quantitative estimate of drug-likeness (QED) is 0.791. The van der Waals surface area contributed by atoms with Crippen LogP contribution in [0.5, 0.6) is 0 Å². The van der Waals surface area contributed by atoms with E-state index in [2.05, 4.69) is 4.90 Å². The molecule has 0 atom stereocenters. The number of rotatable bonds is 4. The molecule has 1 aromatic heterocycles. The van der Waals surface area contributed by atoms with Crippen LogP contribution in [0.25, 0.3) is 5.69 Å². The highest BCUT2D eigenvalue weighted by Gasteiger charge is 2.04. The fraction of sp³-hybridized carbons (Fsp3) is 0.308. The van der Waals surface area contributed by atoms with Crippen LogP contribution in [-0.4, -0.2) is 34.7 Å². The van der Waals surface area contributed by atoms with Gasteiger partial charge in [0.1, 0.15) is 0 Å². The maximum Gasteiger partial charge on any atom is 0.332 e. The van der Waals surface area contributed by atoms with Crippen molar-refractivity contribution >= 4 is 0 Å². The highest BCUT2D eigenvalue weighted by molar-refractivity contribution is 5.30. The first-order valence-corrected chi connectivity index (χ1v) is 5.66. The molecule has 1 aromatic carbocycles. The summed E-state index contributed by atoms with van der Waals surface area (Å²) in [6.45, 7) is 1.57. The lowest BCUT2D eigenvalue weighted by Gasteiger charge is -2.08. The van der Waals surface area contributed by atoms with E-state index < -0.39 is 0 Å². The van der Waals surface area contributed by atoms with Gasteiger partial charge in [-0.05, 0) is 26.2 Å². The zero-order chi connectivity index (χ0) is 12.3. The summed E-state index contributed by atoms with van der Waals surface area (Å²) < 4.78 is 3.39. The normalized spacial score (nSPS) is 11.0. The van der Waals surface area contributed by atoms with Gasteiger partial charge in [-0.25, -0.2) is 4.79 Å². The molecule has 0 unspecified atom stereocenters. The molecule has 2 aromatic rings. The van der Waals surface area contributed by atoms with E-state index in [0.29, 0.717) is 6.54 Å². The molecule has 0 aliphatic carbocycles. The van der Waals surface area contributed by atoms with Crippen molar-refractivity contribution in [2.24, 2.45) is 0 Å². The van der Waals surface area contributed by atoms with Gasteiger partial charge in [-0.3, -0.25) is 9.13 Å². The van der Waals surface area contributed by atoms with Crippen LogP contribution in [-0.2, 0) is 6.54 Å². The Labute approximate surface area is 101 Å². The van der Waals surface area contributed by atoms with E-state index in [1.54, 1.807) is 9.13 Å². The Bertz CT molecular complexity index is 525.